The number of hydrogen-bond donors (Lipinski definition) is 0. The topological polar surface area (TPSA) is 74.3 Å². The number of hydrogen-bond acceptors (Lipinski definition) is 7. The number of carbonyl (C=O) groups excluding carboxylic acids is 2. The number of rotatable bonds is 23. The van der Waals surface area contributed by atoms with Gasteiger partial charge in [0.15, 0.2) is 0 Å². The van der Waals surface area contributed by atoms with Crippen molar-refractivity contribution in [1.82, 2.24) is 4.90 Å². The van der Waals surface area contributed by atoms with E-state index >= 15 is 0 Å². The molecule has 0 bridgehead atoms. The molecule has 35 heavy (non-hydrogen) atoms. The molecule has 0 amide bonds. The van der Waals surface area contributed by atoms with Crippen LogP contribution in [0.15, 0.2) is 0 Å². The van der Waals surface area contributed by atoms with E-state index in [1.165, 1.54) is 52.1 Å². The number of likely N-dealkylation sites (N-methyl/N-ethyl adjacent to an activating group) is 1. The first-order valence-corrected chi connectivity index (χ1v) is 14.0. The van der Waals surface area contributed by atoms with E-state index in [1.54, 1.807) is 0 Å². The average Bonchev–Trinajstić information content (AvgIpc) is 3.58. The maximum atomic E-state index is 12.4. The Kier molecular flexibility index (Phi) is 18.1. The standard InChI is InChI=1S/C28H53NO6/c1-6-7-8-9-10-11-16-24-20-26(24)35-28(31)23(2)15-12-13-18-33-21-25(29(3)4)22-34-19-14-17-27(30)32-5/h23-26H,6-22H2,1-5H3. The number of nitrogens with zero attached hydrogens (tertiary/aromatic N) is 1. The highest BCUT2D eigenvalue weighted by Gasteiger charge is 2.40. The van der Waals surface area contributed by atoms with Crippen LogP contribution in [0.3, 0.4) is 0 Å². The Morgan fingerprint density at radius 2 is 1.57 bits per heavy atom. The summed E-state index contributed by atoms with van der Waals surface area (Å²) in [6, 6.07) is 0.171. The molecular weight excluding hydrogens is 446 g/mol. The van der Waals surface area contributed by atoms with E-state index in [2.05, 4.69) is 16.6 Å². The number of carbonyl (C=O) groups is 2. The van der Waals surface area contributed by atoms with Gasteiger partial charge in [0.1, 0.15) is 6.10 Å². The Morgan fingerprint density at radius 1 is 0.914 bits per heavy atom. The van der Waals surface area contributed by atoms with Gasteiger partial charge < -0.3 is 23.8 Å². The Morgan fingerprint density at radius 3 is 2.23 bits per heavy atom. The highest BCUT2D eigenvalue weighted by atomic mass is 16.6. The van der Waals surface area contributed by atoms with Crippen molar-refractivity contribution in [2.45, 2.75) is 109 Å². The molecule has 206 valence electrons. The van der Waals surface area contributed by atoms with Crippen LogP contribution in [0, 0.1) is 11.8 Å². The zero-order valence-corrected chi connectivity index (χ0v) is 23.2. The first kappa shape index (κ1) is 31.8. The van der Waals surface area contributed by atoms with E-state index < -0.39 is 0 Å². The maximum absolute atomic E-state index is 12.4. The van der Waals surface area contributed by atoms with Gasteiger partial charge in [-0.15, -0.1) is 0 Å². The lowest BCUT2D eigenvalue weighted by atomic mass is 10.0. The molecule has 4 atom stereocenters. The van der Waals surface area contributed by atoms with Crippen molar-refractivity contribution in [3.8, 4) is 0 Å². The second-order valence-electron chi connectivity index (χ2n) is 10.4. The molecule has 0 aromatic rings. The van der Waals surface area contributed by atoms with Crippen LogP contribution in [-0.2, 0) is 28.5 Å². The van der Waals surface area contributed by atoms with Crippen LogP contribution in [0.1, 0.15) is 97.3 Å². The summed E-state index contributed by atoms with van der Waals surface area (Å²) in [6.45, 7) is 6.61. The summed E-state index contributed by atoms with van der Waals surface area (Å²) in [4.78, 5) is 25.6. The molecule has 1 fully saturated rings. The van der Waals surface area contributed by atoms with Crippen molar-refractivity contribution in [2.75, 3.05) is 47.6 Å². The van der Waals surface area contributed by atoms with Crippen LogP contribution in [0.25, 0.3) is 0 Å². The molecule has 1 aliphatic carbocycles. The maximum Gasteiger partial charge on any atom is 0.308 e. The lowest BCUT2D eigenvalue weighted by Gasteiger charge is -2.24. The van der Waals surface area contributed by atoms with Gasteiger partial charge in [0.2, 0.25) is 0 Å². The van der Waals surface area contributed by atoms with E-state index in [9.17, 15) is 9.59 Å². The quantitative estimate of drug-likeness (QED) is 0.138. The van der Waals surface area contributed by atoms with Crippen molar-refractivity contribution < 1.29 is 28.5 Å². The molecule has 7 nitrogen and oxygen atoms in total. The third kappa shape index (κ3) is 16.2. The average molecular weight is 500 g/mol. The molecule has 0 spiro atoms. The number of esters is 2. The van der Waals surface area contributed by atoms with Crippen LogP contribution in [0.4, 0.5) is 0 Å². The molecule has 0 N–H and O–H groups in total. The van der Waals surface area contributed by atoms with Gasteiger partial charge in [0.05, 0.1) is 32.3 Å². The van der Waals surface area contributed by atoms with E-state index in [4.69, 9.17) is 14.2 Å². The van der Waals surface area contributed by atoms with Crippen molar-refractivity contribution in [2.24, 2.45) is 11.8 Å². The largest absolute Gasteiger partial charge is 0.469 e. The van der Waals surface area contributed by atoms with Crippen molar-refractivity contribution >= 4 is 11.9 Å². The summed E-state index contributed by atoms with van der Waals surface area (Å²) in [5.41, 5.74) is 0. The Bertz CT molecular complexity index is 556. The summed E-state index contributed by atoms with van der Waals surface area (Å²) in [7, 11) is 5.42. The van der Waals surface area contributed by atoms with E-state index in [-0.39, 0.29) is 30.0 Å². The minimum Gasteiger partial charge on any atom is -0.469 e. The molecule has 4 unspecified atom stereocenters. The molecule has 0 aliphatic heterocycles. The summed E-state index contributed by atoms with van der Waals surface area (Å²) in [6.07, 6.45) is 14.1. The first-order chi connectivity index (χ1) is 16.9. The fourth-order valence-corrected chi connectivity index (χ4v) is 4.10. The number of unbranched alkanes of at least 4 members (excludes halogenated alkanes) is 6. The number of ether oxygens (including phenoxy) is 4. The van der Waals surface area contributed by atoms with E-state index in [1.807, 2.05) is 21.0 Å². The summed E-state index contributed by atoms with van der Waals surface area (Å²) < 4.78 is 21.9. The van der Waals surface area contributed by atoms with Crippen LogP contribution in [-0.4, -0.2) is 76.6 Å². The lowest BCUT2D eigenvalue weighted by molar-refractivity contribution is -0.150. The summed E-state index contributed by atoms with van der Waals surface area (Å²) in [5, 5.41) is 0. The molecule has 0 aromatic carbocycles. The van der Waals surface area contributed by atoms with Gasteiger partial charge in [0.25, 0.3) is 0 Å². The summed E-state index contributed by atoms with van der Waals surface area (Å²) in [5.74, 6) is 0.327. The molecule has 1 saturated carbocycles. The highest BCUT2D eigenvalue weighted by Crippen LogP contribution is 2.38. The van der Waals surface area contributed by atoms with Gasteiger partial charge in [-0.25, -0.2) is 0 Å². The predicted octanol–water partition coefficient (Wildman–Crippen LogP) is 5.39. The van der Waals surface area contributed by atoms with Gasteiger partial charge in [-0.3, -0.25) is 9.59 Å². The summed E-state index contributed by atoms with van der Waals surface area (Å²) >= 11 is 0. The fraction of sp³-hybridized carbons (Fsp3) is 0.929. The molecular formula is C28H53NO6. The second kappa shape index (κ2) is 19.9. The molecule has 7 heteroatoms. The molecule has 0 saturated heterocycles. The van der Waals surface area contributed by atoms with Crippen LogP contribution in [0.5, 0.6) is 0 Å². The smallest absolute Gasteiger partial charge is 0.308 e. The normalized spacial score (nSPS) is 18.9. The minimum atomic E-state index is -0.205. The van der Waals surface area contributed by atoms with Gasteiger partial charge in [0, 0.05) is 19.6 Å². The van der Waals surface area contributed by atoms with Crippen LogP contribution in [0.2, 0.25) is 0 Å². The van der Waals surface area contributed by atoms with Crippen molar-refractivity contribution in [1.29, 1.82) is 0 Å². The minimum absolute atomic E-state index is 0.0293. The molecule has 0 heterocycles. The Balaban J connectivity index is 2.02. The molecule has 0 radical (unpaired) electrons. The third-order valence-electron chi connectivity index (χ3n) is 6.88. The van der Waals surface area contributed by atoms with Gasteiger partial charge >= 0.3 is 11.9 Å². The lowest BCUT2D eigenvalue weighted by Crippen LogP contribution is -2.37. The van der Waals surface area contributed by atoms with Crippen molar-refractivity contribution in [3.63, 3.8) is 0 Å². The first-order valence-electron chi connectivity index (χ1n) is 14.0. The third-order valence-corrected chi connectivity index (χ3v) is 6.88. The van der Waals surface area contributed by atoms with E-state index in [0.717, 1.165) is 25.7 Å². The fourth-order valence-electron chi connectivity index (χ4n) is 4.10. The Hall–Kier alpha value is -1.18. The monoisotopic (exact) mass is 499 g/mol. The zero-order chi connectivity index (χ0) is 25.9. The zero-order valence-electron chi connectivity index (χ0n) is 23.2. The molecule has 1 rings (SSSR count). The Labute approximate surface area is 214 Å². The number of methoxy groups -OCH3 is 1. The second-order valence-corrected chi connectivity index (χ2v) is 10.4. The van der Waals surface area contributed by atoms with Crippen LogP contribution >= 0.6 is 0 Å². The van der Waals surface area contributed by atoms with E-state index in [0.29, 0.717) is 45.2 Å². The molecule has 1 aliphatic rings. The van der Waals surface area contributed by atoms with Gasteiger partial charge in [-0.05, 0) is 52.1 Å². The van der Waals surface area contributed by atoms with Crippen LogP contribution < -0.4 is 0 Å². The highest BCUT2D eigenvalue weighted by molar-refractivity contribution is 5.72. The van der Waals surface area contributed by atoms with Gasteiger partial charge in [-0.2, -0.15) is 0 Å². The predicted molar refractivity (Wildman–Crippen MR) is 139 cm³/mol. The van der Waals surface area contributed by atoms with Crippen molar-refractivity contribution in [3.05, 3.63) is 0 Å². The SMILES string of the molecule is CCCCCCCCC1CC1OC(=O)C(C)CCCCOCC(COCCCC(=O)OC)N(C)C. The van der Waals surface area contributed by atoms with Gasteiger partial charge in [-0.1, -0.05) is 58.8 Å². The molecule has 0 aromatic heterocycles.